The van der Waals surface area contributed by atoms with Gasteiger partial charge in [0, 0.05) is 11.6 Å². The molecule has 0 fully saturated rings. The van der Waals surface area contributed by atoms with Crippen LogP contribution in [0.2, 0.25) is 0 Å². The van der Waals surface area contributed by atoms with E-state index in [-0.39, 0.29) is 24.0 Å². The average molecular weight is 263 g/mol. The van der Waals surface area contributed by atoms with Crippen LogP contribution in [-0.4, -0.2) is 24.1 Å². The Labute approximate surface area is 104 Å². The third-order valence-electron chi connectivity index (χ3n) is 2.24. The molecule has 6 heteroatoms. The quantitative estimate of drug-likeness (QED) is 0.858. The Hall–Kier alpha value is -1.27. The van der Waals surface area contributed by atoms with Crippen LogP contribution in [0.5, 0.6) is 5.75 Å². The molecular weight excluding hydrogens is 247 g/mol. The fraction of sp³-hybridized carbons (Fsp3) is 0.500. The van der Waals surface area contributed by atoms with E-state index in [1.807, 2.05) is 13.8 Å². The highest BCUT2D eigenvalue weighted by Gasteiger charge is 2.32. The molecule has 18 heavy (non-hydrogen) atoms. The number of benzene rings is 1. The molecule has 0 bridgehead atoms. The van der Waals surface area contributed by atoms with Crippen molar-refractivity contribution in [2.75, 3.05) is 6.61 Å². The SMILES string of the molecule is CC(C)NC(CO)c1ccccc1OC(F)(F)F. The molecule has 0 aliphatic rings. The van der Waals surface area contributed by atoms with Gasteiger partial charge in [-0.1, -0.05) is 32.0 Å². The largest absolute Gasteiger partial charge is 0.573 e. The van der Waals surface area contributed by atoms with Crippen LogP contribution in [-0.2, 0) is 0 Å². The van der Waals surface area contributed by atoms with E-state index in [1.54, 1.807) is 6.07 Å². The van der Waals surface area contributed by atoms with E-state index in [0.29, 0.717) is 0 Å². The lowest BCUT2D eigenvalue weighted by atomic mass is 10.1. The number of alkyl halides is 3. The van der Waals surface area contributed by atoms with Crippen LogP contribution in [0.25, 0.3) is 0 Å². The van der Waals surface area contributed by atoms with Gasteiger partial charge in [0.05, 0.1) is 12.6 Å². The van der Waals surface area contributed by atoms with E-state index in [1.165, 1.54) is 18.2 Å². The van der Waals surface area contributed by atoms with Crippen molar-refractivity contribution in [2.45, 2.75) is 32.3 Å². The molecule has 1 unspecified atom stereocenters. The Morgan fingerprint density at radius 3 is 2.39 bits per heavy atom. The lowest BCUT2D eigenvalue weighted by molar-refractivity contribution is -0.275. The molecule has 0 saturated carbocycles. The summed E-state index contributed by atoms with van der Waals surface area (Å²) in [5.74, 6) is -0.294. The van der Waals surface area contributed by atoms with Gasteiger partial charge in [0.15, 0.2) is 0 Å². The van der Waals surface area contributed by atoms with Crippen molar-refractivity contribution in [3.8, 4) is 5.75 Å². The van der Waals surface area contributed by atoms with Crippen molar-refractivity contribution in [3.05, 3.63) is 29.8 Å². The summed E-state index contributed by atoms with van der Waals surface area (Å²) < 4.78 is 40.7. The lowest BCUT2D eigenvalue weighted by Gasteiger charge is -2.22. The predicted molar refractivity (Wildman–Crippen MR) is 61.2 cm³/mol. The summed E-state index contributed by atoms with van der Waals surface area (Å²) in [4.78, 5) is 0. The Kier molecular flexibility index (Phi) is 4.98. The molecule has 2 N–H and O–H groups in total. The third kappa shape index (κ3) is 4.54. The Morgan fingerprint density at radius 1 is 1.28 bits per heavy atom. The molecular formula is C12H16F3NO2. The molecule has 0 aliphatic carbocycles. The number of aliphatic hydroxyl groups is 1. The molecule has 1 atom stereocenters. The number of hydrogen-bond donors (Lipinski definition) is 2. The van der Waals surface area contributed by atoms with Gasteiger partial charge in [-0.05, 0) is 6.07 Å². The summed E-state index contributed by atoms with van der Waals surface area (Å²) in [6.07, 6.45) is -4.74. The Morgan fingerprint density at radius 2 is 1.89 bits per heavy atom. The van der Waals surface area contributed by atoms with Crippen molar-refractivity contribution in [2.24, 2.45) is 0 Å². The molecule has 0 amide bonds. The number of hydrogen-bond acceptors (Lipinski definition) is 3. The van der Waals surface area contributed by atoms with Gasteiger partial charge in [0.2, 0.25) is 0 Å². The second-order valence-electron chi connectivity index (χ2n) is 4.14. The summed E-state index contributed by atoms with van der Waals surface area (Å²) >= 11 is 0. The van der Waals surface area contributed by atoms with Crippen molar-refractivity contribution < 1.29 is 23.0 Å². The fourth-order valence-corrected chi connectivity index (χ4v) is 1.63. The number of rotatable bonds is 5. The minimum absolute atomic E-state index is 0.0288. The number of ether oxygens (including phenoxy) is 1. The Bertz CT molecular complexity index is 380. The highest BCUT2D eigenvalue weighted by Crippen LogP contribution is 2.30. The monoisotopic (exact) mass is 263 g/mol. The molecule has 0 aliphatic heterocycles. The van der Waals surface area contributed by atoms with Gasteiger partial charge in [-0.2, -0.15) is 0 Å². The number of para-hydroxylation sites is 1. The van der Waals surface area contributed by atoms with Gasteiger partial charge in [0.25, 0.3) is 0 Å². The van der Waals surface area contributed by atoms with Crippen LogP contribution in [0.15, 0.2) is 24.3 Å². The van der Waals surface area contributed by atoms with Gasteiger partial charge >= 0.3 is 6.36 Å². The smallest absolute Gasteiger partial charge is 0.405 e. The zero-order valence-electron chi connectivity index (χ0n) is 10.2. The van der Waals surface area contributed by atoms with E-state index in [2.05, 4.69) is 10.1 Å². The normalized spacial score (nSPS) is 13.7. The van der Waals surface area contributed by atoms with Crippen molar-refractivity contribution in [3.63, 3.8) is 0 Å². The highest BCUT2D eigenvalue weighted by molar-refractivity contribution is 5.36. The minimum Gasteiger partial charge on any atom is -0.405 e. The van der Waals surface area contributed by atoms with E-state index in [0.717, 1.165) is 0 Å². The topological polar surface area (TPSA) is 41.5 Å². The first-order valence-corrected chi connectivity index (χ1v) is 5.55. The maximum absolute atomic E-state index is 12.2. The van der Waals surface area contributed by atoms with Crippen LogP contribution in [0.3, 0.4) is 0 Å². The first-order valence-electron chi connectivity index (χ1n) is 5.55. The third-order valence-corrected chi connectivity index (χ3v) is 2.24. The maximum Gasteiger partial charge on any atom is 0.573 e. The molecule has 1 aromatic rings. The molecule has 0 spiro atoms. The summed E-state index contributed by atoms with van der Waals surface area (Å²) in [6.45, 7) is 3.38. The first-order chi connectivity index (χ1) is 8.33. The van der Waals surface area contributed by atoms with E-state index in [9.17, 15) is 18.3 Å². The van der Waals surface area contributed by atoms with E-state index >= 15 is 0 Å². The summed E-state index contributed by atoms with van der Waals surface area (Å²) in [5.41, 5.74) is 0.283. The molecule has 0 radical (unpaired) electrons. The molecule has 0 heterocycles. The summed E-state index contributed by atoms with van der Waals surface area (Å²) in [5, 5.41) is 12.2. The number of halogens is 3. The molecule has 1 rings (SSSR count). The van der Waals surface area contributed by atoms with Crippen LogP contribution in [0.4, 0.5) is 13.2 Å². The maximum atomic E-state index is 12.2. The lowest BCUT2D eigenvalue weighted by Crippen LogP contribution is -2.31. The van der Waals surface area contributed by atoms with E-state index < -0.39 is 12.4 Å². The predicted octanol–water partition coefficient (Wildman–Crippen LogP) is 2.62. The van der Waals surface area contributed by atoms with Crippen LogP contribution in [0.1, 0.15) is 25.5 Å². The number of nitrogens with one attached hydrogen (secondary N) is 1. The van der Waals surface area contributed by atoms with Gasteiger partial charge in [-0.15, -0.1) is 13.2 Å². The minimum atomic E-state index is -4.74. The van der Waals surface area contributed by atoms with Crippen molar-refractivity contribution in [1.82, 2.24) is 5.32 Å². The average Bonchev–Trinajstić information content (AvgIpc) is 2.24. The van der Waals surface area contributed by atoms with Crippen molar-refractivity contribution in [1.29, 1.82) is 0 Å². The van der Waals surface area contributed by atoms with Crippen LogP contribution < -0.4 is 10.1 Å². The van der Waals surface area contributed by atoms with Gasteiger partial charge in [-0.3, -0.25) is 0 Å². The van der Waals surface area contributed by atoms with Crippen LogP contribution >= 0.6 is 0 Å². The van der Waals surface area contributed by atoms with Gasteiger partial charge in [-0.25, -0.2) is 0 Å². The summed E-state index contributed by atoms with van der Waals surface area (Å²) in [7, 11) is 0. The molecule has 0 saturated heterocycles. The second-order valence-corrected chi connectivity index (χ2v) is 4.14. The second kappa shape index (κ2) is 6.06. The molecule has 3 nitrogen and oxygen atoms in total. The molecule has 102 valence electrons. The molecule has 0 aromatic heterocycles. The standard InChI is InChI=1S/C12H16F3NO2/c1-8(2)16-10(7-17)9-5-3-4-6-11(9)18-12(13,14)15/h3-6,8,10,16-17H,7H2,1-2H3. The summed E-state index contributed by atoms with van der Waals surface area (Å²) in [6, 6.07) is 5.22. The fourth-order valence-electron chi connectivity index (χ4n) is 1.63. The Balaban J connectivity index is 2.99. The number of aliphatic hydroxyl groups excluding tert-OH is 1. The van der Waals surface area contributed by atoms with Gasteiger partial charge < -0.3 is 15.2 Å². The zero-order chi connectivity index (χ0) is 13.8. The highest BCUT2D eigenvalue weighted by atomic mass is 19.4. The van der Waals surface area contributed by atoms with Crippen LogP contribution in [0, 0.1) is 0 Å². The zero-order valence-corrected chi connectivity index (χ0v) is 10.2. The first kappa shape index (κ1) is 14.8. The van der Waals surface area contributed by atoms with Crippen molar-refractivity contribution >= 4 is 0 Å². The van der Waals surface area contributed by atoms with Gasteiger partial charge in [0.1, 0.15) is 5.75 Å². The molecule has 1 aromatic carbocycles. The van der Waals surface area contributed by atoms with E-state index in [4.69, 9.17) is 0 Å².